The van der Waals surface area contributed by atoms with Gasteiger partial charge >= 0.3 is 0 Å². The van der Waals surface area contributed by atoms with Gasteiger partial charge in [-0.2, -0.15) is 11.8 Å². The Hall–Kier alpha value is -1.90. The molecule has 1 fully saturated rings. The first-order chi connectivity index (χ1) is 21.6. The Balaban J connectivity index is 1.34. The minimum atomic E-state index is -0.495. The Morgan fingerprint density at radius 3 is 1.93 bits per heavy atom. The topological polar surface area (TPSA) is 88.0 Å². The van der Waals surface area contributed by atoms with Gasteiger partial charge in [-0.25, -0.2) is 0 Å². The zero-order valence-corrected chi connectivity index (χ0v) is 27.8. The van der Waals surface area contributed by atoms with E-state index >= 15 is 0 Å². The smallest absolute Gasteiger partial charge is 0.220 e. The van der Waals surface area contributed by atoms with Crippen molar-refractivity contribution >= 4 is 17.7 Å². The second-order valence-corrected chi connectivity index (χ2v) is 13.3. The molecule has 1 aliphatic heterocycles. The molecule has 6 nitrogen and oxygen atoms in total. The van der Waals surface area contributed by atoms with E-state index in [4.69, 9.17) is 9.47 Å². The molecule has 0 aliphatic carbocycles. The van der Waals surface area contributed by atoms with E-state index in [1.807, 2.05) is 48.5 Å². The summed E-state index contributed by atoms with van der Waals surface area (Å²) in [5.41, 5.74) is 3.94. The maximum atomic E-state index is 12.4. The van der Waals surface area contributed by atoms with Crippen LogP contribution >= 0.6 is 11.8 Å². The van der Waals surface area contributed by atoms with Crippen molar-refractivity contribution in [3.63, 3.8) is 0 Å². The maximum Gasteiger partial charge on any atom is 0.220 e. The quantitative estimate of drug-likeness (QED) is 0.107. The largest absolute Gasteiger partial charge is 0.396 e. The summed E-state index contributed by atoms with van der Waals surface area (Å²) in [5, 5.41) is 21.7. The predicted molar refractivity (Wildman–Crippen MR) is 181 cm³/mol. The minimum Gasteiger partial charge on any atom is -0.396 e. The number of rotatable bonds is 23. The lowest BCUT2D eigenvalue weighted by molar-refractivity contribution is -0.245. The molecular formula is C37H57NO5S. The predicted octanol–water partition coefficient (Wildman–Crippen LogP) is 8.55. The van der Waals surface area contributed by atoms with Gasteiger partial charge < -0.3 is 25.0 Å². The molecule has 3 atom stereocenters. The summed E-state index contributed by atoms with van der Waals surface area (Å²) in [5.74, 6) is 1.59. The van der Waals surface area contributed by atoms with E-state index in [-0.39, 0.29) is 31.3 Å². The molecule has 2 aromatic carbocycles. The molecule has 2 aromatic rings. The number of hydrogen-bond acceptors (Lipinski definition) is 6. The lowest BCUT2D eigenvalue weighted by Crippen LogP contribution is -2.31. The molecule has 246 valence electrons. The normalized spacial score (nSPS) is 18.4. The number of carbonyl (C=O) groups is 1. The summed E-state index contributed by atoms with van der Waals surface area (Å²) in [6.45, 7) is 2.96. The van der Waals surface area contributed by atoms with Crippen LogP contribution in [0.5, 0.6) is 0 Å². The van der Waals surface area contributed by atoms with Gasteiger partial charge in [0, 0.05) is 36.5 Å². The van der Waals surface area contributed by atoms with E-state index < -0.39 is 6.29 Å². The van der Waals surface area contributed by atoms with Crippen molar-refractivity contribution in [2.75, 3.05) is 18.1 Å². The highest BCUT2D eigenvalue weighted by atomic mass is 32.2. The zero-order valence-electron chi connectivity index (χ0n) is 27.0. The van der Waals surface area contributed by atoms with Crippen LogP contribution in [0, 0.1) is 0 Å². The van der Waals surface area contributed by atoms with Crippen molar-refractivity contribution in [3.05, 3.63) is 70.8 Å². The van der Waals surface area contributed by atoms with E-state index in [2.05, 4.69) is 12.2 Å². The SMILES string of the molecule is CCCCCCCCCCCCCCCC(=O)NCc1ccc(C2O[C@H](CSCCO)C[C@H](c3ccc(CO)cc3)O2)cc1. The molecule has 0 saturated carbocycles. The molecule has 0 aromatic heterocycles. The number of unbranched alkanes of at least 4 members (excludes halogenated alkanes) is 12. The van der Waals surface area contributed by atoms with E-state index in [0.717, 1.165) is 47.3 Å². The van der Waals surface area contributed by atoms with Gasteiger partial charge in [0.15, 0.2) is 6.29 Å². The monoisotopic (exact) mass is 627 g/mol. The van der Waals surface area contributed by atoms with Crippen molar-refractivity contribution < 1.29 is 24.5 Å². The second kappa shape index (κ2) is 22.6. The first kappa shape index (κ1) is 36.6. The van der Waals surface area contributed by atoms with Crippen LogP contribution in [0.25, 0.3) is 0 Å². The summed E-state index contributed by atoms with van der Waals surface area (Å²) in [4.78, 5) is 12.4. The third-order valence-electron chi connectivity index (χ3n) is 8.40. The molecule has 0 radical (unpaired) electrons. The standard InChI is InChI=1S/C37H57NO5S/c1-2-3-4-5-6-7-8-9-10-11-12-13-14-15-36(41)38-27-30-16-22-33(23-17-30)37-42-34(29-44-25-24-39)26-35(43-37)32-20-18-31(28-40)19-21-32/h16-23,34-35,37,39-40H,2-15,24-29H2,1H3,(H,38,41)/t34-,35+,37?/m0/s1. The fourth-order valence-electron chi connectivity index (χ4n) is 5.69. The number of thioether (sulfide) groups is 1. The third kappa shape index (κ3) is 14.5. The first-order valence-corrected chi connectivity index (χ1v) is 18.3. The molecule has 0 bridgehead atoms. The highest BCUT2D eigenvalue weighted by Crippen LogP contribution is 2.38. The molecule has 1 amide bonds. The Labute approximate surface area is 270 Å². The van der Waals surface area contributed by atoms with Crippen molar-refractivity contribution in [2.45, 2.75) is 135 Å². The average Bonchev–Trinajstić information content (AvgIpc) is 3.06. The lowest BCUT2D eigenvalue weighted by atomic mass is 10.0. The van der Waals surface area contributed by atoms with Crippen LogP contribution in [-0.2, 0) is 27.4 Å². The number of aliphatic hydroxyl groups is 2. The summed E-state index contributed by atoms with van der Waals surface area (Å²) in [7, 11) is 0. The molecule has 3 rings (SSSR count). The number of carbonyl (C=O) groups excluding carboxylic acids is 1. The van der Waals surface area contributed by atoms with Gasteiger partial charge in [0.1, 0.15) is 0 Å². The third-order valence-corrected chi connectivity index (χ3v) is 9.48. The van der Waals surface area contributed by atoms with Gasteiger partial charge in [0.2, 0.25) is 5.91 Å². The van der Waals surface area contributed by atoms with Gasteiger partial charge in [0.05, 0.1) is 25.4 Å². The van der Waals surface area contributed by atoms with Gasteiger partial charge in [0.25, 0.3) is 0 Å². The van der Waals surface area contributed by atoms with Crippen molar-refractivity contribution in [1.29, 1.82) is 0 Å². The molecule has 0 spiro atoms. The van der Waals surface area contributed by atoms with Gasteiger partial charge in [-0.15, -0.1) is 0 Å². The fourth-order valence-corrected chi connectivity index (χ4v) is 6.46. The van der Waals surface area contributed by atoms with E-state index in [1.165, 1.54) is 70.6 Å². The first-order valence-electron chi connectivity index (χ1n) is 17.2. The van der Waals surface area contributed by atoms with Crippen LogP contribution < -0.4 is 5.32 Å². The molecular weight excluding hydrogens is 570 g/mol. The minimum absolute atomic E-state index is 0.00288. The number of hydrogen-bond donors (Lipinski definition) is 3. The maximum absolute atomic E-state index is 12.4. The van der Waals surface area contributed by atoms with Crippen LogP contribution in [0.15, 0.2) is 48.5 Å². The summed E-state index contributed by atoms with van der Waals surface area (Å²) >= 11 is 1.68. The Morgan fingerprint density at radius 2 is 1.34 bits per heavy atom. The lowest BCUT2D eigenvalue weighted by Gasteiger charge is -2.36. The second-order valence-electron chi connectivity index (χ2n) is 12.2. The van der Waals surface area contributed by atoms with Crippen LogP contribution in [-0.4, -0.2) is 40.3 Å². The van der Waals surface area contributed by atoms with Crippen LogP contribution in [0.1, 0.15) is 138 Å². The molecule has 1 heterocycles. The van der Waals surface area contributed by atoms with Crippen LogP contribution in [0.2, 0.25) is 0 Å². The molecule has 44 heavy (non-hydrogen) atoms. The van der Waals surface area contributed by atoms with Gasteiger partial charge in [-0.05, 0) is 23.1 Å². The van der Waals surface area contributed by atoms with Crippen LogP contribution in [0.4, 0.5) is 0 Å². The van der Waals surface area contributed by atoms with Crippen molar-refractivity contribution in [1.82, 2.24) is 5.32 Å². The highest BCUT2D eigenvalue weighted by molar-refractivity contribution is 7.99. The number of ether oxygens (including phenoxy) is 2. The van der Waals surface area contributed by atoms with E-state index in [1.54, 1.807) is 11.8 Å². The molecule has 3 N–H and O–H groups in total. The van der Waals surface area contributed by atoms with E-state index in [9.17, 15) is 15.0 Å². The molecule has 1 aliphatic rings. The number of benzene rings is 2. The number of nitrogens with one attached hydrogen (secondary N) is 1. The summed E-state index contributed by atoms with van der Waals surface area (Å²) < 4.78 is 12.7. The summed E-state index contributed by atoms with van der Waals surface area (Å²) in [6.07, 6.45) is 17.7. The molecule has 1 unspecified atom stereocenters. The highest BCUT2D eigenvalue weighted by Gasteiger charge is 2.32. The van der Waals surface area contributed by atoms with Gasteiger partial charge in [-0.3, -0.25) is 4.79 Å². The van der Waals surface area contributed by atoms with Crippen molar-refractivity contribution in [3.8, 4) is 0 Å². The van der Waals surface area contributed by atoms with Gasteiger partial charge in [-0.1, -0.05) is 133 Å². The Kier molecular flexibility index (Phi) is 18.8. The zero-order chi connectivity index (χ0) is 31.2. The molecule has 1 saturated heterocycles. The Morgan fingerprint density at radius 1 is 0.773 bits per heavy atom. The number of amides is 1. The van der Waals surface area contributed by atoms with Crippen LogP contribution in [0.3, 0.4) is 0 Å². The Bertz CT molecular complexity index is 1020. The fraction of sp³-hybridized carbons (Fsp3) is 0.649. The van der Waals surface area contributed by atoms with E-state index in [0.29, 0.717) is 18.7 Å². The summed E-state index contributed by atoms with van der Waals surface area (Å²) in [6, 6.07) is 16.0. The average molecular weight is 628 g/mol. The molecule has 7 heteroatoms. The number of aliphatic hydroxyl groups excluding tert-OH is 2. The van der Waals surface area contributed by atoms with Crippen molar-refractivity contribution in [2.24, 2.45) is 0 Å².